The van der Waals surface area contributed by atoms with Crippen LogP contribution in [0, 0.1) is 6.92 Å². The minimum atomic E-state index is 0.595. The second-order valence-electron chi connectivity index (χ2n) is 2.56. The first-order valence-corrected chi connectivity index (χ1v) is 4.37. The zero-order valence-electron chi connectivity index (χ0n) is 6.99. The molecule has 0 aliphatic rings. The van der Waals surface area contributed by atoms with Gasteiger partial charge in [0.1, 0.15) is 5.82 Å². The van der Waals surface area contributed by atoms with Gasteiger partial charge in [-0.3, -0.25) is 0 Å². The molecule has 0 bridgehead atoms. The van der Waals surface area contributed by atoms with Crippen LogP contribution < -0.4 is 5.73 Å². The van der Waals surface area contributed by atoms with Crippen LogP contribution in [0.3, 0.4) is 0 Å². The van der Waals surface area contributed by atoms with E-state index in [4.69, 9.17) is 5.73 Å². The molecule has 1 aromatic heterocycles. The monoisotopic (exact) mass is 180 g/mol. The molecule has 0 spiro atoms. The van der Waals surface area contributed by atoms with E-state index in [1.54, 1.807) is 6.20 Å². The molecule has 0 atom stereocenters. The van der Waals surface area contributed by atoms with Crippen LogP contribution in [0.25, 0.3) is 6.08 Å². The second kappa shape index (κ2) is 4.16. The number of anilines is 1. The van der Waals surface area contributed by atoms with Crippen LogP contribution >= 0.6 is 12.6 Å². The fourth-order valence-electron chi connectivity index (χ4n) is 0.887. The predicted octanol–water partition coefficient (Wildman–Crippen LogP) is 1.92. The summed E-state index contributed by atoms with van der Waals surface area (Å²) >= 11 is 4.07. The van der Waals surface area contributed by atoms with Gasteiger partial charge < -0.3 is 5.73 Å². The maximum absolute atomic E-state index is 5.57. The summed E-state index contributed by atoms with van der Waals surface area (Å²) in [5.41, 5.74) is 7.64. The summed E-state index contributed by atoms with van der Waals surface area (Å²) in [6, 6.07) is 2.00. The third-order valence-corrected chi connectivity index (χ3v) is 1.77. The van der Waals surface area contributed by atoms with Crippen LogP contribution in [0.5, 0.6) is 0 Å². The van der Waals surface area contributed by atoms with E-state index in [0.29, 0.717) is 5.82 Å². The van der Waals surface area contributed by atoms with E-state index in [-0.39, 0.29) is 0 Å². The lowest BCUT2D eigenvalue weighted by atomic mass is 10.2. The van der Waals surface area contributed by atoms with Crippen molar-refractivity contribution in [3.05, 3.63) is 29.5 Å². The highest BCUT2D eigenvalue weighted by Crippen LogP contribution is 2.09. The lowest BCUT2D eigenvalue weighted by molar-refractivity contribution is 1.27. The summed E-state index contributed by atoms with van der Waals surface area (Å²) < 4.78 is 0. The smallest absolute Gasteiger partial charge is 0.126 e. The van der Waals surface area contributed by atoms with E-state index in [0.717, 1.165) is 16.9 Å². The van der Waals surface area contributed by atoms with Gasteiger partial charge in [0.15, 0.2) is 0 Å². The fraction of sp³-hybridized carbons (Fsp3) is 0.222. The maximum atomic E-state index is 5.57. The fourth-order valence-corrected chi connectivity index (χ4v) is 0.992. The van der Waals surface area contributed by atoms with E-state index in [2.05, 4.69) is 17.6 Å². The van der Waals surface area contributed by atoms with Crippen molar-refractivity contribution >= 4 is 24.5 Å². The summed E-state index contributed by atoms with van der Waals surface area (Å²) in [7, 11) is 0. The minimum Gasteiger partial charge on any atom is -0.383 e. The molecule has 1 aromatic rings. The predicted molar refractivity (Wildman–Crippen MR) is 56.3 cm³/mol. The lowest BCUT2D eigenvalue weighted by Gasteiger charge is -1.98. The number of aromatic nitrogens is 1. The van der Waals surface area contributed by atoms with Gasteiger partial charge in [-0.25, -0.2) is 4.98 Å². The van der Waals surface area contributed by atoms with Crippen LogP contribution in [0.4, 0.5) is 5.82 Å². The molecule has 2 N–H and O–H groups in total. The number of nitrogen functional groups attached to an aromatic ring is 1. The average Bonchev–Trinajstić information content (AvgIpc) is 2.07. The second-order valence-corrected chi connectivity index (χ2v) is 2.92. The van der Waals surface area contributed by atoms with Crippen molar-refractivity contribution in [2.45, 2.75) is 6.92 Å². The van der Waals surface area contributed by atoms with Gasteiger partial charge in [-0.2, -0.15) is 12.6 Å². The zero-order chi connectivity index (χ0) is 8.97. The largest absolute Gasteiger partial charge is 0.383 e. The quantitative estimate of drug-likeness (QED) is 0.682. The molecule has 0 radical (unpaired) electrons. The lowest BCUT2D eigenvalue weighted by Crippen LogP contribution is -1.93. The number of nitrogens with two attached hydrogens (primary N) is 1. The molecule has 0 saturated carbocycles. The van der Waals surface area contributed by atoms with Crippen molar-refractivity contribution in [2.75, 3.05) is 11.5 Å². The molecule has 2 nitrogen and oxygen atoms in total. The summed E-state index contributed by atoms with van der Waals surface area (Å²) in [6.45, 7) is 1.94. The van der Waals surface area contributed by atoms with Crippen molar-refractivity contribution in [2.24, 2.45) is 0 Å². The molecule has 0 saturated heterocycles. The normalized spacial score (nSPS) is 10.8. The molecule has 3 heteroatoms. The Morgan fingerprint density at radius 3 is 3.00 bits per heavy atom. The van der Waals surface area contributed by atoms with E-state index >= 15 is 0 Å². The Hall–Kier alpha value is -0.960. The van der Waals surface area contributed by atoms with Crippen LogP contribution in [-0.4, -0.2) is 10.7 Å². The Morgan fingerprint density at radius 2 is 2.42 bits per heavy atom. The standard InChI is InChI=1S/C9H12N2S/c1-7-5-8(3-2-4-12)6-11-9(7)10/h2-3,5-6,12H,4H2,1H3,(H2,10,11). The van der Waals surface area contributed by atoms with Gasteiger partial charge in [0.05, 0.1) is 0 Å². The van der Waals surface area contributed by atoms with Gasteiger partial charge in [-0.05, 0) is 24.1 Å². The molecule has 0 aliphatic carbocycles. The molecule has 0 unspecified atom stereocenters. The highest BCUT2D eigenvalue weighted by atomic mass is 32.1. The molecule has 1 rings (SSSR count). The first-order valence-electron chi connectivity index (χ1n) is 3.73. The van der Waals surface area contributed by atoms with Gasteiger partial charge in [0, 0.05) is 11.9 Å². The Kier molecular flexibility index (Phi) is 3.17. The van der Waals surface area contributed by atoms with Crippen molar-refractivity contribution in [1.29, 1.82) is 0 Å². The summed E-state index contributed by atoms with van der Waals surface area (Å²) in [5, 5.41) is 0. The van der Waals surface area contributed by atoms with Crippen LogP contribution in [0.15, 0.2) is 18.3 Å². The van der Waals surface area contributed by atoms with E-state index in [1.807, 2.05) is 25.1 Å². The highest BCUT2D eigenvalue weighted by molar-refractivity contribution is 7.80. The Labute approximate surface area is 77.9 Å². The molecule has 0 aliphatic heterocycles. The van der Waals surface area contributed by atoms with Gasteiger partial charge in [0.25, 0.3) is 0 Å². The molecule has 0 aromatic carbocycles. The van der Waals surface area contributed by atoms with Crippen LogP contribution in [0.2, 0.25) is 0 Å². The van der Waals surface area contributed by atoms with Crippen molar-refractivity contribution in [1.82, 2.24) is 4.98 Å². The minimum absolute atomic E-state index is 0.595. The first-order chi connectivity index (χ1) is 5.74. The number of pyridine rings is 1. The summed E-state index contributed by atoms with van der Waals surface area (Å²) in [4.78, 5) is 4.03. The Balaban J connectivity index is 2.89. The highest BCUT2D eigenvalue weighted by Gasteiger charge is 1.93. The molecule has 12 heavy (non-hydrogen) atoms. The number of hydrogen-bond acceptors (Lipinski definition) is 3. The number of hydrogen-bond donors (Lipinski definition) is 2. The average molecular weight is 180 g/mol. The van der Waals surface area contributed by atoms with E-state index in [9.17, 15) is 0 Å². The number of aryl methyl sites for hydroxylation is 1. The van der Waals surface area contributed by atoms with Crippen molar-refractivity contribution in [3.63, 3.8) is 0 Å². The Morgan fingerprint density at radius 1 is 1.67 bits per heavy atom. The third-order valence-electron chi connectivity index (χ3n) is 1.56. The molecule has 0 amide bonds. The van der Waals surface area contributed by atoms with Gasteiger partial charge in [-0.15, -0.1) is 0 Å². The number of rotatable bonds is 2. The van der Waals surface area contributed by atoms with Gasteiger partial charge in [-0.1, -0.05) is 12.2 Å². The van der Waals surface area contributed by atoms with Gasteiger partial charge >= 0.3 is 0 Å². The van der Waals surface area contributed by atoms with Crippen molar-refractivity contribution in [3.8, 4) is 0 Å². The Bertz CT molecular complexity index is 295. The SMILES string of the molecule is Cc1cc(C=CCS)cnc1N. The van der Waals surface area contributed by atoms with Gasteiger partial charge in [0.2, 0.25) is 0 Å². The number of nitrogens with zero attached hydrogens (tertiary/aromatic N) is 1. The third kappa shape index (κ3) is 2.27. The first kappa shape index (κ1) is 9.13. The van der Waals surface area contributed by atoms with E-state index in [1.165, 1.54) is 0 Å². The maximum Gasteiger partial charge on any atom is 0.126 e. The van der Waals surface area contributed by atoms with Crippen LogP contribution in [0.1, 0.15) is 11.1 Å². The molecule has 1 heterocycles. The number of thiol groups is 1. The van der Waals surface area contributed by atoms with Crippen LogP contribution in [-0.2, 0) is 0 Å². The molecular formula is C9H12N2S. The zero-order valence-corrected chi connectivity index (χ0v) is 7.88. The molecule has 64 valence electrons. The topological polar surface area (TPSA) is 38.9 Å². The summed E-state index contributed by atoms with van der Waals surface area (Å²) in [5.74, 6) is 1.33. The van der Waals surface area contributed by atoms with Crippen molar-refractivity contribution < 1.29 is 0 Å². The van der Waals surface area contributed by atoms with E-state index < -0.39 is 0 Å². The molecule has 0 fully saturated rings. The molecular weight excluding hydrogens is 168 g/mol. The summed E-state index contributed by atoms with van der Waals surface area (Å²) in [6.07, 6.45) is 5.70.